The summed E-state index contributed by atoms with van der Waals surface area (Å²) in [5.41, 5.74) is 0. The van der Waals surface area contributed by atoms with Gasteiger partial charge in [0.05, 0.1) is 0 Å². The number of hydrogen-bond acceptors (Lipinski definition) is 1. The monoisotopic (exact) mass is 297 g/mol. The van der Waals surface area contributed by atoms with Crippen LogP contribution in [-0.4, -0.2) is 28.3 Å². The molecule has 0 aromatic heterocycles. The molecule has 3 heteroatoms. The highest BCUT2D eigenvalue weighted by Crippen LogP contribution is 2.04. The molecule has 0 unspecified atom stereocenters. The zero-order chi connectivity index (χ0) is 10.3. The zero-order valence-electron chi connectivity index (χ0n) is 8.85. The van der Waals surface area contributed by atoms with E-state index in [4.69, 9.17) is 0 Å². The van der Waals surface area contributed by atoms with Gasteiger partial charge in [0.25, 0.3) is 0 Å². The van der Waals surface area contributed by atoms with Gasteiger partial charge in [0.15, 0.2) is 0 Å². The van der Waals surface area contributed by atoms with Crippen molar-refractivity contribution in [2.75, 3.05) is 17.5 Å². The molecule has 13 heavy (non-hydrogen) atoms. The maximum absolute atomic E-state index is 11.7. The summed E-state index contributed by atoms with van der Waals surface area (Å²) >= 11 is 2.35. The molecule has 78 valence electrons. The third-order valence-corrected chi connectivity index (χ3v) is 2.62. The Labute approximate surface area is 95.2 Å². The van der Waals surface area contributed by atoms with Crippen LogP contribution >= 0.6 is 22.6 Å². The van der Waals surface area contributed by atoms with Crippen LogP contribution in [0, 0.1) is 5.92 Å². The molecule has 2 nitrogen and oxygen atoms in total. The van der Waals surface area contributed by atoms with Crippen LogP contribution in [-0.2, 0) is 4.79 Å². The second-order valence-corrected chi connectivity index (χ2v) is 4.60. The van der Waals surface area contributed by atoms with Crippen LogP contribution in [0.3, 0.4) is 0 Å². The Balaban J connectivity index is 3.99. The van der Waals surface area contributed by atoms with Gasteiger partial charge in [-0.3, -0.25) is 4.79 Å². The van der Waals surface area contributed by atoms with E-state index in [0.717, 1.165) is 30.4 Å². The molecule has 0 radical (unpaired) electrons. The molecule has 0 saturated heterocycles. The fourth-order valence-corrected chi connectivity index (χ4v) is 1.56. The molecule has 0 rings (SSSR count). The van der Waals surface area contributed by atoms with Crippen molar-refractivity contribution in [3.8, 4) is 0 Å². The van der Waals surface area contributed by atoms with Gasteiger partial charge < -0.3 is 4.90 Å². The van der Waals surface area contributed by atoms with Crippen molar-refractivity contribution in [1.29, 1.82) is 0 Å². The van der Waals surface area contributed by atoms with E-state index in [2.05, 4.69) is 29.5 Å². The van der Waals surface area contributed by atoms with Crippen LogP contribution in [0.25, 0.3) is 0 Å². The highest BCUT2D eigenvalue weighted by Gasteiger charge is 2.14. The minimum atomic E-state index is 0.140. The highest BCUT2D eigenvalue weighted by molar-refractivity contribution is 14.1. The van der Waals surface area contributed by atoms with Crippen molar-refractivity contribution in [1.82, 2.24) is 4.90 Å². The Hall–Kier alpha value is 0.200. The predicted molar refractivity (Wildman–Crippen MR) is 65.2 cm³/mol. The van der Waals surface area contributed by atoms with Crippen LogP contribution in [0.4, 0.5) is 0 Å². The lowest BCUT2D eigenvalue weighted by atomic mass is 10.2. The van der Waals surface area contributed by atoms with Crippen LogP contribution in [0.1, 0.15) is 33.6 Å². The number of amides is 1. The van der Waals surface area contributed by atoms with E-state index in [1.54, 1.807) is 0 Å². The average molecular weight is 297 g/mol. The van der Waals surface area contributed by atoms with Gasteiger partial charge in [0, 0.05) is 23.4 Å². The molecule has 0 heterocycles. The van der Waals surface area contributed by atoms with Crippen molar-refractivity contribution in [3.05, 3.63) is 0 Å². The normalized spacial score (nSPS) is 10.5. The van der Waals surface area contributed by atoms with Gasteiger partial charge in [0.1, 0.15) is 0 Å². The topological polar surface area (TPSA) is 20.3 Å². The molecular weight excluding hydrogens is 277 g/mol. The Morgan fingerprint density at radius 3 is 2.38 bits per heavy atom. The lowest BCUT2D eigenvalue weighted by Crippen LogP contribution is -2.35. The zero-order valence-corrected chi connectivity index (χ0v) is 11.0. The molecule has 0 spiro atoms. The summed E-state index contributed by atoms with van der Waals surface area (Å²) in [6.07, 6.45) is 2.17. The summed E-state index contributed by atoms with van der Waals surface area (Å²) in [5.74, 6) is 0.437. The Bertz CT molecular complexity index is 148. The van der Waals surface area contributed by atoms with E-state index in [-0.39, 0.29) is 5.92 Å². The molecule has 0 aliphatic heterocycles. The lowest BCUT2D eigenvalue weighted by Gasteiger charge is -2.23. The quantitative estimate of drug-likeness (QED) is 0.545. The largest absolute Gasteiger partial charge is 0.342 e. The molecule has 0 fully saturated rings. The average Bonchev–Trinajstić information content (AvgIpc) is 2.11. The first-order valence-electron chi connectivity index (χ1n) is 4.98. The Morgan fingerprint density at radius 1 is 1.38 bits per heavy atom. The maximum Gasteiger partial charge on any atom is 0.225 e. The van der Waals surface area contributed by atoms with E-state index < -0.39 is 0 Å². The van der Waals surface area contributed by atoms with E-state index in [0.29, 0.717) is 5.91 Å². The molecule has 0 aliphatic carbocycles. The standard InChI is InChI=1S/C10H20INO/c1-4-7-12(8-5-6-11)10(13)9(2)3/h9H,4-8H2,1-3H3. The van der Waals surface area contributed by atoms with E-state index in [1.807, 2.05) is 18.7 Å². The number of nitrogens with zero attached hydrogens (tertiary/aromatic N) is 1. The first-order chi connectivity index (χ1) is 6.13. The maximum atomic E-state index is 11.7. The second-order valence-electron chi connectivity index (χ2n) is 3.52. The molecule has 0 bridgehead atoms. The first kappa shape index (κ1) is 13.2. The molecule has 0 aromatic carbocycles. The van der Waals surface area contributed by atoms with Gasteiger partial charge >= 0.3 is 0 Å². The van der Waals surface area contributed by atoms with E-state index in [1.165, 1.54) is 0 Å². The van der Waals surface area contributed by atoms with Crippen LogP contribution in [0.2, 0.25) is 0 Å². The van der Waals surface area contributed by atoms with Crippen molar-refractivity contribution >= 4 is 28.5 Å². The summed E-state index contributed by atoms with van der Waals surface area (Å²) in [4.78, 5) is 13.7. The SMILES string of the molecule is CCCN(CCCI)C(=O)C(C)C. The fraction of sp³-hybridized carbons (Fsp3) is 0.900. The van der Waals surface area contributed by atoms with Gasteiger partial charge in [-0.05, 0) is 12.8 Å². The third kappa shape index (κ3) is 5.49. The van der Waals surface area contributed by atoms with Crippen LogP contribution in [0.5, 0.6) is 0 Å². The van der Waals surface area contributed by atoms with E-state index in [9.17, 15) is 4.79 Å². The smallest absolute Gasteiger partial charge is 0.225 e. The van der Waals surface area contributed by atoms with Crippen molar-refractivity contribution in [2.45, 2.75) is 33.6 Å². The van der Waals surface area contributed by atoms with E-state index >= 15 is 0 Å². The molecule has 0 aliphatic rings. The number of carbonyl (C=O) groups excluding carboxylic acids is 1. The van der Waals surface area contributed by atoms with Gasteiger partial charge in [-0.15, -0.1) is 0 Å². The number of halogens is 1. The fourth-order valence-electron chi connectivity index (χ4n) is 1.22. The molecule has 0 atom stereocenters. The first-order valence-corrected chi connectivity index (χ1v) is 6.50. The summed E-state index contributed by atoms with van der Waals surface area (Å²) < 4.78 is 1.13. The minimum absolute atomic E-state index is 0.140. The van der Waals surface area contributed by atoms with Gasteiger partial charge in [-0.1, -0.05) is 43.4 Å². The molecule has 0 N–H and O–H groups in total. The highest BCUT2D eigenvalue weighted by atomic mass is 127. The lowest BCUT2D eigenvalue weighted by molar-refractivity contribution is -0.134. The summed E-state index contributed by atoms with van der Waals surface area (Å²) in [5, 5.41) is 0. The van der Waals surface area contributed by atoms with Crippen molar-refractivity contribution < 1.29 is 4.79 Å². The van der Waals surface area contributed by atoms with Gasteiger partial charge in [-0.25, -0.2) is 0 Å². The number of rotatable bonds is 6. The summed E-state index contributed by atoms with van der Waals surface area (Å²) in [6, 6.07) is 0. The summed E-state index contributed by atoms with van der Waals surface area (Å²) in [7, 11) is 0. The predicted octanol–water partition coefficient (Wildman–Crippen LogP) is 2.71. The van der Waals surface area contributed by atoms with Gasteiger partial charge in [0.2, 0.25) is 5.91 Å². The summed E-state index contributed by atoms with van der Waals surface area (Å²) in [6.45, 7) is 7.89. The molecule has 0 saturated carbocycles. The van der Waals surface area contributed by atoms with Crippen LogP contribution < -0.4 is 0 Å². The molecule has 1 amide bonds. The second kappa shape index (κ2) is 7.59. The van der Waals surface area contributed by atoms with Gasteiger partial charge in [-0.2, -0.15) is 0 Å². The number of alkyl halides is 1. The van der Waals surface area contributed by atoms with Crippen molar-refractivity contribution in [2.24, 2.45) is 5.92 Å². The van der Waals surface area contributed by atoms with Crippen molar-refractivity contribution in [3.63, 3.8) is 0 Å². The molecular formula is C10H20INO. The molecule has 0 aromatic rings. The number of carbonyl (C=O) groups is 1. The Kier molecular flexibility index (Phi) is 7.71. The minimum Gasteiger partial charge on any atom is -0.342 e. The Morgan fingerprint density at radius 2 is 2.00 bits per heavy atom. The number of hydrogen-bond donors (Lipinski definition) is 0. The van der Waals surface area contributed by atoms with Crippen LogP contribution in [0.15, 0.2) is 0 Å². The third-order valence-electron chi connectivity index (χ3n) is 1.86.